The maximum Gasteiger partial charge on any atom is 0.273 e. The fraction of sp³-hybridized carbons (Fsp3) is 0.381. The normalized spacial score (nSPS) is 14.5. The number of ether oxygens (including phenoxy) is 1. The van der Waals surface area contributed by atoms with Gasteiger partial charge < -0.3 is 9.64 Å². The van der Waals surface area contributed by atoms with Gasteiger partial charge in [-0.15, -0.1) is 11.3 Å². The third kappa shape index (κ3) is 5.44. The van der Waals surface area contributed by atoms with Gasteiger partial charge in [-0.2, -0.15) is 0 Å². The number of thiazole rings is 1. The van der Waals surface area contributed by atoms with Crippen LogP contribution in [0.5, 0.6) is 0 Å². The van der Waals surface area contributed by atoms with Crippen LogP contribution in [0.1, 0.15) is 22.5 Å². The van der Waals surface area contributed by atoms with Crippen molar-refractivity contribution in [2.45, 2.75) is 13.0 Å². The van der Waals surface area contributed by atoms with Crippen molar-refractivity contribution in [1.82, 2.24) is 29.7 Å². The van der Waals surface area contributed by atoms with Gasteiger partial charge in [0.2, 0.25) is 0 Å². The van der Waals surface area contributed by atoms with E-state index in [-0.39, 0.29) is 5.91 Å². The first kappa shape index (κ1) is 20.5. The Bertz CT molecular complexity index is 931. The molecule has 0 saturated carbocycles. The highest BCUT2D eigenvalue weighted by molar-refractivity contribution is 7.13. The van der Waals surface area contributed by atoms with Crippen molar-refractivity contribution in [3.05, 3.63) is 59.6 Å². The summed E-state index contributed by atoms with van der Waals surface area (Å²) in [6.45, 7) is 5.59. The van der Waals surface area contributed by atoms with E-state index in [1.54, 1.807) is 36.2 Å². The van der Waals surface area contributed by atoms with Crippen molar-refractivity contribution in [1.29, 1.82) is 0 Å². The molecular formula is C21H24N6O2S. The van der Waals surface area contributed by atoms with Gasteiger partial charge in [-0.1, -0.05) is 0 Å². The average molecular weight is 425 g/mol. The van der Waals surface area contributed by atoms with E-state index in [4.69, 9.17) is 4.74 Å². The molecule has 0 radical (unpaired) electrons. The topological polar surface area (TPSA) is 84.3 Å². The standard InChI is InChI=1S/C21H24N6O2S/c28-21(18-16-30-20(25-18)19-23-5-1-6-24-19)27(15-17-3-7-22-8-4-17)10-2-9-26-11-13-29-14-12-26/h1,3-8,16H,2,9-15H2. The Morgan fingerprint density at radius 3 is 2.67 bits per heavy atom. The molecule has 3 aromatic heterocycles. The van der Waals surface area contributed by atoms with Crippen LogP contribution in [-0.2, 0) is 11.3 Å². The summed E-state index contributed by atoms with van der Waals surface area (Å²) in [5.74, 6) is 0.460. The lowest BCUT2D eigenvalue weighted by atomic mass is 10.2. The molecule has 8 nitrogen and oxygen atoms in total. The number of aromatic nitrogens is 4. The molecule has 1 fully saturated rings. The van der Waals surface area contributed by atoms with Crippen LogP contribution in [0, 0.1) is 0 Å². The van der Waals surface area contributed by atoms with E-state index in [9.17, 15) is 4.79 Å². The van der Waals surface area contributed by atoms with E-state index in [0.29, 0.717) is 29.6 Å². The number of carbonyl (C=O) groups excluding carboxylic acids is 1. The Morgan fingerprint density at radius 2 is 1.90 bits per heavy atom. The van der Waals surface area contributed by atoms with E-state index in [2.05, 4.69) is 24.8 Å². The summed E-state index contributed by atoms with van der Waals surface area (Å²) in [6.07, 6.45) is 7.74. The Hall–Kier alpha value is -2.75. The van der Waals surface area contributed by atoms with Gasteiger partial charge in [-0.25, -0.2) is 15.0 Å². The highest BCUT2D eigenvalue weighted by Gasteiger charge is 2.21. The van der Waals surface area contributed by atoms with Crippen LogP contribution >= 0.6 is 11.3 Å². The summed E-state index contributed by atoms with van der Waals surface area (Å²) in [7, 11) is 0. The van der Waals surface area contributed by atoms with Crippen LogP contribution in [-0.4, -0.2) is 75.0 Å². The minimum Gasteiger partial charge on any atom is -0.379 e. The van der Waals surface area contributed by atoms with Crippen LogP contribution < -0.4 is 0 Å². The minimum absolute atomic E-state index is 0.0766. The number of hydrogen-bond donors (Lipinski definition) is 0. The second-order valence-electron chi connectivity index (χ2n) is 7.00. The maximum atomic E-state index is 13.3. The third-order valence-electron chi connectivity index (χ3n) is 4.90. The van der Waals surface area contributed by atoms with E-state index in [1.807, 2.05) is 17.0 Å². The number of amides is 1. The van der Waals surface area contributed by atoms with Gasteiger partial charge in [0.1, 0.15) is 5.69 Å². The molecule has 0 unspecified atom stereocenters. The largest absolute Gasteiger partial charge is 0.379 e. The molecule has 156 valence electrons. The Labute approximate surface area is 179 Å². The number of hydrogen-bond acceptors (Lipinski definition) is 8. The fourth-order valence-electron chi connectivity index (χ4n) is 3.32. The summed E-state index contributed by atoms with van der Waals surface area (Å²) >= 11 is 1.39. The summed E-state index contributed by atoms with van der Waals surface area (Å²) in [4.78, 5) is 34.5. The van der Waals surface area contributed by atoms with Crippen molar-refractivity contribution in [2.75, 3.05) is 39.4 Å². The monoisotopic (exact) mass is 424 g/mol. The fourth-order valence-corrected chi connectivity index (χ4v) is 4.06. The first-order valence-electron chi connectivity index (χ1n) is 10.0. The first-order chi connectivity index (χ1) is 14.8. The van der Waals surface area contributed by atoms with Crippen LogP contribution in [0.15, 0.2) is 48.4 Å². The Morgan fingerprint density at radius 1 is 1.13 bits per heavy atom. The SMILES string of the molecule is O=C(c1csc(-c2ncccn2)n1)N(CCCN1CCOCC1)Cc1ccncc1. The van der Waals surface area contributed by atoms with Gasteiger partial charge in [0, 0.05) is 62.9 Å². The van der Waals surface area contributed by atoms with Crippen molar-refractivity contribution in [3.8, 4) is 10.8 Å². The van der Waals surface area contributed by atoms with Crippen LogP contribution in [0.25, 0.3) is 10.8 Å². The minimum atomic E-state index is -0.0766. The van der Waals surface area contributed by atoms with Crippen LogP contribution in [0.4, 0.5) is 0 Å². The molecule has 0 bridgehead atoms. The second kappa shape index (κ2) is 10.3. The molecule has 0 atom stereocenters. The zero-order valence-electron chi connectivity index (χ0n) is 16.7. The van der Waals surface area contributed by atoms with Crippen molar-refractivity contribution in [2.24, 2.45) is 0 Å². The van der Waals surface area contributed by atoms with E-state index in [0.717, 1.165) is 44.8 Å². The lowest BCUT2D eigenvalue weighted by Gasteiger charge is -2.28. The molecule has 0 aliphatic carbocycles. The smallest absolute Gasteiger partial charge is 0.273 e. The molecule has 4 rings (SSSR count). The van der Waals surface area contributed by atoms with Crippen molar-refractivity contribution < 1.29 is 9.53 Å². The van der Waals surface area contributed by atoms with Gasteiger partial charge in [0.15, 0.2) is 10.8 Å². The molecule has 0 aromatic carbocycles. The Balaban J connectivity index is 1.45. The molecule has 1 saturated heterocycles. The molecular weight excluding hydrogens is 400 g/mol. The van der Waals surface area contributed by atoms with Gasteiger partial charge in [-0.3, -0.25) is 14.7 Å². The predicted molar refractivity (Wildman–Crippen MR) is 114 cm³/mol. The zero-order valence-corrected chi connectivity index (χ0v) is 17.5. The Kier molecular flexibility index (Phi) is 7.07. The average Bonchev–Trinajstić information content (AvgIpc) is 3.30. The summed E-state index contributed by atoms with van der Waals surface area (Å²) < 4.78 is 5.41. The number of pyridine rings is 1. The lowest BCUT2D eigenvalue weighted by Crippen LogP contribution is -2.39. The lowest BCUT2D eigenvalue weighted by molar-refractivity contribution is 0.0355. The number of nitrogens with zero attached hydrogens (tertiary/aromatic N) is 6. The third-order valence-corrected chi connectivity index (χ3v) is 5.73. The van der Waals surface area contributed by atoms with Crippen LogP contribution in [0.3, 0.4) is 0 Å². The van der Waals surface area contributed by atoms with E-state index < -0.39 is 0 Å². The molecule has 9 heteroatoms. The molecule has 1 aliphatic rings. The molecule has 1 aliphatic heterocycles. The van der Waals surface area contributed by atoms with E-state index >= 15 is 0 Å². The van der Waals surface area contributed by atoms with Gasteiger partial charge in [-0.05, 0) is 30.2 Å². The number of carbonyl (C=O) groups is 1. The highest BCUT2D eigenvalue weighted by Crippen LogP contribution is 2.21. The maximum absolute atomic E-state index is 13.3. The van der Waals surface area contributed by atoms with E-state index in [1.165, 1.54) is 11.3 Å². The van der Waals surface area contributed by atoms with Crippen molar-refractivity contribution >= 4 is 17.2 Å². The molecule has 4 heterocycles. The second-order valence-corrected chi connectivity index (χ2v) is 7.86. The quantitative estimate of drug-likeness (QED) is 0.549. The van der Waals surface area contributed by atoms with Gasteiger partial charge >= 0.3 is 0 Å². The predicted octanol–water partition coefficient (Wildman–Crippen LogP) is 2.36. The molecule has 30 heavy (non-hydrogen) atoms. The number of rotatable bonds is 8. The zero-order chi connectivity index (χ0) is 20.6. The van der Waals surface area contributed by atoms with Gasteiger partial charge in [0.25, 0.3) is 5.91 Å². The summed E-state index contributed by atoms with van der Waals surface area (Å²) in [6, 6.07) is 5.63. The van der Waals surface area contributed by atoms with Gasteiger partial charge in [0.05, 0.1) is 13.2 Å². The van der Waals surface area contributed by atoms with Crippen LogP contribution in [0.2, 0.25) is 0 Å². The summed E-state index contributed by atoms with van der Waals surface area (Å²) in [5, 5.41) is 2.44. The highest BCUT2D eigenvalue weighted by atomic mass is 32.1. The molecule has 3 aromatic rings. The molecule has 0 spiro atoms. The van der Waals surface area contributed by atoms with Crippen molar-refractivity contribution in [3.63, 3.8) is 0 Å². The molecule has 0 N–H and O–H groups in total. The first-order valence-corrected chi connectivity index (χ1v) is 10.9. The number of morpholine rings is 1. The summed E-state index contributed by atoms with van der Waals surface area (Å²) in [5.41, 5.74) is 1.48. The molecule has 1 amide bonds.